The molecule has 0 amide bonds. The number of aliphatic hydroxyl groups is 2. The van der Waals surface area contributed by atoms with Crippen molar-refractivity contribution in [2.24, 2.45) is 0 Å². The standard InChI is InChI=1S/C14H18BrFO2/c15-12-5-4-11(16)8-10(12)9-13(17)14(18)6-2-1-3-7-14/h4-5,8,13,17-18H,1-3,6-7,9H2. The van der Waals surface area contributed by atoms with Gasteiger partial charge in [-0.25, -0.2) is 4.39 Å². The molecule has 0 aliphatic heterocycles. The van der Waals surface area contributed by atoms with Gasteiger partial charge in [-0.2, -0.15) is 0 Å². The molecule has 2 nitrogen and oxygen atoms in total. The van der Waals surface area contributed by atoms with E-state index in [1.807, 2.05) is 0 Å². The van der Waals surface area contributed by atoms with E-state index >= 15 is 0 Å². The average molecular weight is 317 g/mol. The minimum atomic E-state index is -1.01. The third-order valence-electron chi connectivity index (χ3n) is 3.76. The Morgan fingerprint density at radius 2 is 1.94 bits per heavy atom. The zero-order valence-electron chi connectivity index (χ0n) is 10.2. The summed E-state index contributed by atoms with van der Waals surface area (Å²) in [5.74, 6) is -0.323. The van der Waals surface area contributed by atoms with Crippen molar-refractivity contribution >= 4 is 15.9 Å². The van der Waals surface area contributed by atoms with Crippen LogP contribution < -0.4 is 0 Å². The maximum Gasteiger partial charge on any atom is 0.123 e. The van der Waals surface area contributed by atoms with Crippen molar-refractivity contribution in [3.63, 3.8) is 0 Å². The van der Waals surface area contributed by atoms with Crippen LogP contribution >= 0.6 is 15.9 Å². The molecule has 1 aromatic carbocycles. The van der Waals surface area contributed by atoms with Crippen LogP contribution in [-0.4, -0.2) is 21.9 Å². The van der Waals surface area contributed by atoms with Crippen LogP contribution in [0, 0.1) is 5.82 Å². The van der Waals surface area contributed by atoms with Crippen molar-refractivity contribution in [3.05, 3.63) is 34.1 Å². The van der Waals surface area contributed by atoms with Crippen LogP contribution in [0.15, 0.2) is 22.7 Å². The molecule has 1 saturated carbocycles. The summed E-state index contributed by atoms with van der Waals surface area (Å²) in [5, 5.41) is 20.6. The summed E-state index contributed by atoms with van der Waals surface area (Å²) in [6.45, 7) is 0. The van der Waals surface area contributed by atoms with Crippen LogP contribution in [0.2, 0.25) is 0 Å². The van der Waals surface area contributed by atoms with Crippen molar-refractivity contribution in [1.29, 1.82) is 0 Å². The van der Waals surface area contributed by atoms with E-state index < -0.39 is 11.7 Å². The monoisotopic (exact) mass is 316 g/mol. The number of benzene rings is 1. The van der Waals surface area contributed by atoms with Gasteiger partial charge in [-0.15, -0.1) is 0 Å². The fraction of sp³-hybridized carbons (Fsp3) is 0.571. The van der Waals surface area contributed by atoms with E-state index in [1.54, 1.807) is 6.07 Å². The summed E-state index contributed by atoms with van der Waals surface area (Å²) in [6.07, 6.45) is 3.68. The lowest BCUT2D eigenvalue weighted by molar-refractivity contribution is -0.0961. The molecule has 1 fully saturated rings. The molecule has 1 atom stereocenters. The van der Waals surface area contributed by atoms with E-state index in [0.717, 1.165) is 23.7 Å². The highest BCUT2D eigenvalue weighted by molar-refractivity contribution is 9.10. The summed E-state index contributed by atoms with van der Waals surface area (Å²) in [4.78, 5) is 0. The molecule has 0 saturated heterocycles. The normalized spacial score (nSPS) is 20.7. The zero-order valence-corrected chi connectivity index (χ0v) is 11.8. The molecule has 1 aromatic rings. The molecular weight excluding hydrogens is 299 g/mol. The molecule has 0 bridgehead atoms. The van der Waals surface area contributed by atoms with E-state index in [1.165, 1.54) is 12.1 Å². The van der Waals surface area contributed by atoms with E-state index in [2.05, 4.69) is 15.9 Å². The summed E-state index contributed by atoms with van der Waals surface area (Å²) < 4.78 is 13.9. The lowest BCUT2D eigenvalue weighted by atomic mass is 9.79. The molecule has 0 heterocycles. The summed E-state index contributed by atoms with van der Waals surface area (Å²) in [5.41, 5.74) is -0.314. The Morgan fingerprint density at radius 3 is 2.61 bits per heavy atom. The van der Waals surface area contributed by atoms with Gasteiger partial charge in [0.1, 0.15) is 5.82 Å². The van der Waals surface area contributed by atoms with Crippen molar-refractivity contribution in [2.45, 2.75) is 50.2 Å². The molecule has 0 aromatic heterocycles. The van der Waals surface area contributed by atoms with Gasteiger partial charge in [-0.1, -0.05) is 35.2 Å². The second-order valence-corrected chi connectivity index (χ2v) is 5.97. The second kappa shape index (κ2) is 5.68. The van der Waals surface area contributed by atoms with E-state index in [-0.39, 0.29) is 12.2 Å². The number of halogens is 2. The quantitative estimate of drug-likeness (QED) is 0.899. The molecule has 0 spiro atoms. The maximum atomic E-state index is 13.2. The van der Waals surface area contributed by atoms with E-state index in [9.17, 15) is 14.6 Å². The minimum absolute atomic E-state index is 0.273. The molecule has 100 valence electrons. The molecule has 0 radical (unpaired) electrons. The second-order valence-electron chi connectivity index (χ2n) is 5.12. The molecule has 18 heavy (non-hydrogen) atoms. The van der Waals surface area contributed by atoms with E-state index in [4.69, 9.17) is 0 Å². The fourth-order valence-corrected chi connectivity index (χ4v) is 3.00. The predicted molar refractivity (Wildman–Crippen MR) is 71.8 cm³/mol. The Labute approximate surface area is 115 Å². The summed E-state index contributed by atoms with van der Waals surface area (Å²) in [7, 11) is 0. The third-order valence-corrected chi connectivity index (χ3v) is 4.53. The average Bonchev–Trinajstić information content (AvgIpc) is 2.35. The van der Waals surface area contributed by atoms with Gasteiger partial charge in [-0.05, 0) is 36.6 Å². The molecule has 1 aliphatic carbocycles. The van der Waals surface area contributed by atoms with E-state index in [0.29, 0.717) is 18.4 Å². The lowest BCUT2D eigenvalue weighted by Crippen LogP contribution is -2.45. The van der Waals surface area contributed by atoms with Crippen molar-refractivity contribution in [1.82, 2.24) is 0 Å². The minimum Gasteiger partial charge on any atom is -0.390 e. The molecule has 2 rings (SSSR count). The Kier molecular flexibility index (Phi) is 4.41. The van der Waals surface area contributed by atoms with Gasteiger partial charge in [0.2, 0.25) is 0 Å². The number of rotatable bonds is 3. The Morgan fingerprint density at radius 1 is 1.28 bits per heavy atom. The predicted octanol–water partition coefficient (Wildman–Crippen LogP) is 3.19. The Hall–Kier alpha value is -0.450. The van der Waals surface area contributed by atoms with Gasteiger partial charge >= 0.3 is 0 Å². The Balaban J connectivity index is 2.10. The first-order valence-electron chi connectivity index (χ1n) is 6.36. The Bertz CT molecular complexity index is 416. The van der Waals surface area contributed by atoms with Crippen molar-refractivity contribution in [3.8, 4) is 0 Å². The maximum absolute atomic E-state index is 13.2. The molecule has 2 N–H and O–H groups in total. The SMILES string of the molecule is OC(Cc1cc(F)ccc1Br)C1(O)CCCCC1. The van der Waals surface area contributed by atoms with Gasteiger partial charge in [0.15, 0.2) is 0 Å². The van der Waals surface area contributed by atoms with Gasteiger partial charge in [-0.3, -0.25) is 0 Å². The van der Waals surface area contributed by atoms with Crippen LogP contribution in [0.3, 0.4) is 0 Å². The number of aliphatic hydroxyl groups excluding tert-OH is 1. The lowest BCUT2D eigenvalue weighted by Gasteiger charge is -2.36. The van der Waals surface area contributed by atoms with Crippen LogP contribution in [-0.2, 0) is 6.42 Å². The third kappa shape index (κ3) is 3.11. The van der Waals surface area contributed by atoms with Crippen LogP contribution in [0.25, 0.3) is 0 Å². The molecule has 4 heteroatoms. The summed E-state index contributed by atoms with van der Waals surface area (Å²) in [6, 6.07) is 4.40. The van der Waals surface area contributed by atoms with Gasteiger partial charge in [0.25, 0.3) is 0 Å². The topological polar surface area (TPSA) is 40.5 Å². The molecule has 1 aliphatic rings. The fourth-order valence-electron chi connectivity index (χ4n) is 2.60. The zero-order chi connectivity index (χ0) is 13.2. The van der Waals surface area contributed by atoms with Gasteiger partial charge in [0, 0.05) is 10.9 Å². The smallest absolute Gasteiger partial charge is 0.123 e. The highest BCUT2D eigenvalue weighted by Gasteiger charge is 2.36. The number of hydrogen-bond acceptors (Lipinski definition) is 2. The van der Waals surface area contributed by atoms with Gasteiger partial charge in [0.05, 0.1) is 11.7 Å². The van der Waals surface area contributed by atoms with Crippen molar-refractivity contribution < 1.29 is 14.6 Å². The van der Waals surface area contributed by atoms with Gasteiger partial charge < -0.3 is 10.2 Å². The molecular formula is C14H18BrFO2. The summed E-state index contributed by atoms with van der Waals surface area (Å²) >= 11 is 3.34. The van der Waals surface area contributed by atoms with Crippen LogP contribution in [0.4, 0.5) is 4.39 Å². The highest BCUT2D eigenvalue weighted by atomic mass is 79.9. The first kappa shape index (κ1) is 14.0. The van der Waals surface area contributed by atoms with Crippen LogP contribution in [0.5, 0.6) is 0 Å². The van der Waals surface area contributed by atoms with Crippen LogP contribution in [0.1, 0.15) is 37.7 Å². The molecule has 1 unspecified atom stereocenters. The van der Waals surface area contributed by atoms with Crippen molar-refractivity contribution in [2.75, 3.05) is 0 Å². The first-order valence-corrected chi connectivity index (χ1v) is 7.15. The largest absolute Gasteiger partial charge is 0.390 e. The first-order chi connectivity index (χ1) is 8.51. The number of hydrogen-bond donors (Lipinski definition) is 2. The highest BCUT2D eigenvalue weighted by Crippen LogP contribution is 2.33.